The molecule has 1 aromatic carbocycles. The van der Waals surface area contributed by atoms with Gasteiger partial charge in [-0.05, 0) is 42.5 Å². The molecule has 1 aromatic rings. The lowest BCUT2D eigenvalue weighted by Crippen LogP contribution is -2.45. The number of nitrogens with one attached hydrogen (secondary N) is 1. The highest BCUT2D eigenvalue weighted by Gasteiger charge is 2.22. The molecule has 1 aliphatic rings. The molecule has 1 heterocycles. The molecule has 1 saturated heterocycles. The van der Waals surface area contributed by atoms with Crippen molar-refractivity contribution < 1.29 is 9.53 Å². The third-order valence-corrected chi connectivity index (χ3v) is 4.07. The first-order valence-electron chi connectivity index (χ1n) is 7.90. The van der Waals surface area contributed by atoms with E-state index in [0.29, 0.717) is 36.6 Å². The molecule has 5 heteroatoms. The number of amides is 1. The van der Waals surface area contributed by atoms with Crippen LogP contribution in [0.2, 0.25) is 5.02 Å². The van der Waals surface area contributed by atoms with Crippen LogP contribution in [0, 0.1) is 11.8 Å². The van der Waals surface area contributed by atoms with E-state index in [0.717, 1.165) is 18.8 Å². The molecule has 122 valence electrons. The van der Waals surface area contributed by atoms with Gasteiger partial charge in [-0.25, -0.2) is 0 Å². The number of piperidine rings is 1. The van der Waals surface area contributed by atoms with Gasteiger partial charge in [-0.3, -0.25) is 9.69 Å². The molecule has 0 aromatic heterocycles. The second-order valence-electron chi connectivity index (χ2n) is 6.29. The minimum atomic E-state index is 0.0704. The summed E-state index contributed by atoms with van der Waals surface area (Å²) in [5, 5.41) is 3.60. The number of likely N-dealkylation sites (tertiary alicyclic amines) is 1. The number of hydrogen-bond donors (Lipinski definition) is 1. The number of halogens is 1. The molecule has 0 saturated carbocycles. The number of rotatable bonds is 6. The summed E-state index contributed by atoms with van der Waals surface area (Å²) in [5.41, 5.74) is 0. The molecular formula is C17H25ClN2O2. The highest BCUT2D eigenvalue weighted by molar-refractivity contribution is 6.30. The van der Waals surface area contributed by atoms with Crippen molar-refractivity contribution in [2.45, 2.75) is 20.3 Å². The number of nitrogens with zero attached hydrogens (tertiary/aromatic N) is 1. The van der Waals surface area contributed by atoms with Crippen LogP contribution in [-0.2, 0) is 4.79 Å². The first-order valence-corrected chi connectivity index (χ1v) is 8.28. The van der Waals surface area contributed by atoms with E-state index in [1.54, 1.807) is 12.1 Å². The zero-order chi connectivity index (χ0) is 15.9. The molecule has 2 atom stereocenters. The molecule has 0 radical (unpaired) electrons. The Hall–Kier alpha value is -1.26. The van der Waals surface area contributed by atoms with Crippen molar-refractivity contribution in [3.05, 3.63) is 29.3 Å². The molecular weight excluding hydrogens is 300 g/mol. The number of benzene rings is 1. The molecule has 1 aliphatic heterocycles. The monoisotopic (exact) mass is 324 g/mol. The van der Waals surface area contributed by atoms with Crippen LogP contribution in [0.5, 0.6) is 5.75 Å². The Labute approximate surface area is 137 Å². The standard InChI is InChI=1S/C17H25ClN2O2/c1-13-9-14(2)11-20(10-13)12-17(21)19-7-8-22-16-5-3-15(18)4-6-16/h3-6,13-14H,7-12H2,1-2H3,(H,19,21)/t13-,14-/m1/s1. The molecule has 2 rings (SSSR count). The first-order chi connectivity index (χ1) is 10.5. The van der Waals surface area contributed by atoms with Crippen molar-refractivity contribution in [1.82, 2.24) is 10.2 Å². The topological polar surface area (TPSA) is 41.6 Å². The van der Waals surface area contributed by atoms with Crippen molar-refractivity contribution >= 4 is 17.5 Å². The summed E-state index contributed by atoms with van der Waals surface area (Å²) in [6.07, 6.45) is 1.26. The van der Waals surface area contributed by atoms with E-state index in [-0.39, 0.29) is 5.91 Å². The molecule has 0 unspecified atom stereocenters. The van der Waals surface area contributed by atoms with Crippen molar-refractivity contribution in [3.8, 4) is 5.75 Å². The second-order valence-corrected chi connectivity index (χ2v) is 6.73. The van der Waals surface area contributed by atoms with Crippen LogP contribution in [0.15, 0.2) is 24.3 Å². The van der Waals surface area contributed by atoms with Gasteiger partial charge in [-0.2, -0.15) is 0 Å². The van der Waals surface area contributed by atoms with Crippen molar-refractivity contribution in [1.29, 1.82) is 0 Å². The maximum Gasteiger partial charge on any atom is 0.234 e. The highest BCUT2D eigenvalue weighted by Crippen LogP contribution is 2.20. The predicted molar refractivity (Wildman–Crippen MR) is 89.3 cm³/mol. The van der Waals surface area contributed by atoms with E-state index in [1.807, 2.05) is 12.1 Å². The number of ether oxygens (including phenoxy) is 1. The number of carbonyl (C=O) groups excluding carboxylic acids is 1. The van der Waals surface area contributed by atoms with Crippen LogP contribution in [0.25, 0.3) is 0 Å². The smallest absolute Gasteiger partial charge is 0.234 e. The number of carbonyl (C=O) groups is 1. The fourth-order valence-corrected chi connectivity index (χ4v) is 3.20. The summed E-state index contributed by atoms with van der Waals surface area (Å²) < 4.78 is 5.55. The Balaban J connectivity index is 1.62. The third-order valence-electron chi connectivity index (χ3n) is 3.82. The van der Waals surface area contributed by atoms with E-state index >= 15 is 0 Å². The van der Waals surface area contributed by atoms with Gasteiger partial charge in [0.25, 0.3) is 0 Å². The van der Waals surface area contributed by atoms with Gasteiger partial charge in [0.1, 0.15) is 12.4 Å². The molecule has 1 fully saturated rings. The second kappa shape index (κ2) is 8.39. The fraction of sp³-hybridized carbons (Fsp3) is 0.588. The summed E-state index contributed by atoms with van der Waals surface area (Å²) in [6.45, 7) is 7.98. The minimum absolute atomic E-state index is 0.0704. The van der Waals surface area contributed by atoms with E-state index < -0.39 is 0 Å². The van der Waals surface area contributed by atoms with Crippen LogP contribution in [0.1, 0.15) is 20.3 Å². The maximum absolute atomic E-state index is 12.0. The van der Waals surface area contributed by atoms with Gasteiger partial charge >= 0.3 is 0 Å². The summed E-state index contributed by atoms with van der Waals surface area (Å²) >= 11 is 5.81. The Morgan fingerprint density at radius 3 is 2.55 bits per heavy atom. The summed E-state index contributed by atoms with van der Waals surface area (Å²) in [5.74, 6) is 2.17. The van der Waals surface area contributed by atoms with Gasteiger partial charge in [-0.15, -0.1) is 0 Å². The van der Waals surface area contributed by atoms with Crippen molar-refractivity contribution in [2.75, 3.05) is 32.8 Å². The summed E-state index contributed by atoms with van der Waals surface area (Å²) in [6, 6.07) is 7.21. The normalized spacial score (nSPS) is 22.3. The van der Waals surface area contributed by atoms with Crippen LogP contribution >= 0.6 is 11.6 Å². The summed E-state index contributed by atoms with van der Waals surface area (Å²) in [7, 11) is 0. The third kappa shape index (κ3) is 5.85. The van der Waals surface area contributed by atoms with Crippen LogP contribution < -0.4 is 10.1 Å². The van der Waals surface area contributed by atoms with E-state index in [1.165, 1.54) is 6.42 Å². The van der Waals surface area contributed by atoms with E-state index in [4.69, 9.17) is 16.3 Å². The first kappa shape index (κ1) is 17.1. The predicted octanol–water partition coefficient (Wildman–Crippen LogP) is 2.81. The van der Waals surface area contributed by atoms with Gasteiger partial charge < -0.3 is 10.1 Å². The Morgan fingerprint density at radius 1 is 1.27 bits per heavy atom. The lowest BCUT2D eigenvalue weighted by atomic mass is 9.92. The van der Waals surface area contributed by atoms with E-state index in [9.17, 15) is 4.79 Å². The lowest BCUT2D eigenvalue weighted by Gasteiger charge is -2.34. The SMILES string of the molecule is C[C@@H]1C[C@@H](C)CN(CC(=O)NCCOc2ccc(Cl)cc2)C1. The van der Waals surface area contributed by atoms with Crippen molar-refractivity contribution in [3.63, 3.8) is 0 Å². The molecule has 22 heavy (non-hydrogen) atoms. The molecule has 4 nitrogen and oxygen atoms in total. The quantitative estimate of drug-likeness (QED) is 0.818. The Bertz CT molecular complexity index is 468. The minimum Gasteiger partial charge on any atom is -0.492 e. The zero-order valence-electron chi connectivity index (χ0n) is 13.3. The van der Waals surface area contributed by atoms with Crippen molar-refractivity contribution in [2.24, 2.45) is 11.8 Å². The highest BCUT2D eigenvalue weighted by atomic mass is 35.5. The van der Waals surface area contributed by atoms with Gasteiger partial charge in [0.2, 0.25) is 5.91 Å². The Kier molecular flexibility index (Phi) is 6.52. The summed E-state index contributed by atoms with van der Waals surface area (Å²) in [4.78, 5) is 14.2. The van der Waals surface area contributed by atoms with Crippen LogP contribution in [-0.4, -0.2) is 43.6 Å². The number of hydrogen-bond acceptors (Lipinski definition) is 3. The fourth-order valence-electron chi connectivity index (χ4n) is 3.07. The zero-order valence-corrected chi connectivity index (χ0v) is 14.1. The van der Waals surface area contributed by atoms with Crippen LogP contribution in [0.3, 0.4) is 0 Å². The molecule has 0 aliphatic carbocycles. The van der Waals surface area contributed by atoms with Gasteiger partial charge in [0.15, 0.2) is 0 Å². The average molecular weight is 325 g/mol. The van der Waals surface area contributed by atoms with Gasteiger partial charge in [0, 0.05) is 18.1 Å². The average Bonchev–Trinajstić information content (AvgIpc) is 2.44. The lowest BCUT2D eigenvalue weighted by molar-refractivity contribution is -0.122. The van der Waals surface area contributed by atoms with Gasteiger partial charge in [-0.1, -0.05) is 25.4 Å². The molecule has 0 bridgehead atoms. The molecule has 1 N–H and O–H groups in total. The molecule has 0 spiro atoms. The van der Waals surface area contributed by atoms with E-state index in [2.05, 4.69) is 24.1 Å². The van der Waals surface area contributed by atoms with Gasteiger partial charge in [0.05, 0.1) is 13.1 Å². The largest absolute Gasteiger partial charge is 0.492 e. The Morgan fingerprint density at radius 2 is 1.91 bits per heavy atom. The van der Waals surface area contributed by atoms with Crippen LogP contribution in [0.4, 0.5) is 0 Å². The maximum atomic E-state index is 12.0. The molecule has 1 amide bonds.